The van der Waals surface area contributed by atoms with Gasteiger partial charge in [0.1, 0.15) is 0 Å². The third-order valence-corrected chi connectivity index (χ3v) is 4.61. The SMILES string of the molecule is CCNC(=NCC1(C)CCCO1)NCCCn1cnc2ccccc21. The van der Waals surface area contributed by atoms with E-state index < -0.39 is 0 Å². The zero-order valence-electron chi connectivity index (χ0n) is 15.3. The lowest BCUT2D eigenvalue weighted by molar-refractivity contribution is 0.0283. The van der Waals surface area contributed by atoms with Gasteiger partial charge in [0.25, 0.3) is 0 Å². The molecule has 1 atom stereocenters. The second-order valence-corrected chi connectivity index (χ2v) is 6.80. The molecular weight excluding hydrogens is 314 g/mol. The Balaban J connectivity index is 1.48. The summed E-state index contributed by atoms with van der Waals surface area (Å²) in [7, 11) is 0. The summed E-state index contributed by atoms with van der Waals surface area (Å²) in [5, 5.41) is 6.73. The lowest BCUT2D eigenvalue weighted by Crippen LogP contribution is -2.39. The van der Waals surface area contributed by atoms with E-state index in [9.17, 15) is 0 Å². The fourth-order valence-corrected chi connectivity index (χ4v) is 3.19. The summed E-state index contributed by atoms with van der Waals surface area (Å²) in [5.74, 6) is 0.870. The van der Waals surface area contributed by atoms with Gasteiger partial charge in [-0.05, 0) is 45.2 Å². The molecule has 0 saturated carbocycles. The van der Waals surface area contributed by atoms with Crippen molar-refractivity contribution in [2.24, 2.45) is 4.99 Å². The summed E-state index contributed by atoms with van der Waals surface area (Å²) in [5.41, 5.74) is 2.14. The smallest absolute Gasteiger partial charge is 0.191 e. The molecule has 0 aliphatic carbocycles. The molecule has 6 heteroatoms. The minimum Gasteiger partial charge on any atom is -0.373 e. The Hall–Kier alpha value is -2.08. The molecule has 1 unspecified atom stereocenters. The van der Waals surface area contributed by atoms with E-state index in [4.69, 9.17) is 9.73 Å². The summed E-state index contributed by atoms with van der Waals surface area (Å²) in [6, 6.07) is 8.24. The fraction of sp³-hybridized carbons (Fsp3) is 0.579. The van der Waals surface area contributed by atoms with Gasteiger partial charge in [0.2, 0.25) is 0 Å². The number of nitrogens with one attached hydrogen (secondary N) is 2. The minimum atomic E-state index is -0.0991. The maximum absolute atomic E-state index is 5.81. The van der Waals surface area contributed by atoms with Gasteiger partial charge < -0.3 is 19.9 Å². The summed E-state index contributed by atoms with van der Waals surface area (Å²) in [6.07, 6.45) is 5.15. The van der Waals surface area contributed by atoms with Gasteiger partial charge in [-0.15, -0.1) is 0 Å². The largest absolute Gasteiger partial charge is 0.373 e. The molecule has 1 fully saturated rings. The summed E-state index contributed by atoms with van der Waals surface area (Å²) < 4.78 is 8.01. The van der Waals surface area contributed by atoms with Gasteiger partial charge in [-0.3, -0.25) is 4.99 Å². The number of para-hydroxylation sites is 2. The van der Waals surface area contributed by atoms with Crippen molar-refractivity contribution in [1.29, 1.82) is 0 Å². The molecule has 6 nitrogen and oxygen atoms in total. The Morgan fingerprint density at radius 3 is 3.04 bits per heavy atom. The van der Waals surface area contributed by atoms with Crippen molar-refractivity contribution in [3.8, 4) is 0 Å². The molecule has 2 aromatic rings. The number of hydrogen-bond donors (Lipinski definition) is 2. The van der Waals surface area contributed by atoms with Crippen molar-refractivity contribution >= 4 is 17.0 Å². The summed E-state index contributed by atoms with van der Waals surface area (Å²) >= 11 is 0. The molecule has 0 bridgehead atoms. The number of rotatable bonds is 7. The normalized spacial score (nSPS) is 21.0. The van der Waals surface area contributed by atoms with E-state index in [-0.39, 0.29) is 5.60 Å². The average Bonchev–Trinajstić information content (AvgIpc) is 3.23. The van der Waals surface area contributed by atoms with Crippen LogP contribution < -0.4 is 10.6 Å². The first kappa shape index (κ1) is 17.7. The van der Waals surface area contributed by atoms with Crippen LogP contribution in [0, 0.1) is 0 Å². The van der Waals surface area contributed by atoms with Crippen LogP contribution in [-0.4, -0.2) is 47.4 Å². The van der Waals surface area contributed by atoms with Gasteiger partial charge in [-0.1, -0.05) is 12.1 Å². The molecule has 2 N–H and O–H groups in total. The van der Waals surface area contributed by atoms with E-state index >= 15 is 0 Å². The number of fused-ring (bicyclic) bond motifs is 1. The molecule has 1 aromatic carbocycles. The highest BCUT2D eigenvalue weighted by Gasteiger charge is 2.29. The monoisotopic (exact) mass is 343 g/mol. The lowest BCUT2D eigenvalue weighted by Gasteiger charge is -2.21. The number of aryl methyl sites for hydroxylation is 1. The Bertz CT molecular complexity index is 703. The van der Waals surface area contributed by atoms with Crippen LogP contribution in [0.5, 0.6) is 0 Å². The van der Waals surface area contributed by atoms with Crippen LogP contribution in [0.1, 0.15) is 33.1 Å². The minimum absolute atomic E-state index is 0.0991. The number of aromatic nitrogens is 2. The van der Waals surface area contributed by atoms with Crippen molar-refractivity contribution in [2.45, 2.75) is 45.3 Å². The Labute approximate surface area is 149 Å². The van der Waals surface area contributed by atoms with Gasteiger partial charge in [-0.25, -0.2) is 4.98 Å². The Kier molecular flexibility index (Phi) is 5.91. The molecule has 1 aromatic heterocycles. The van der Waals surface area contributed by atoms with E-state index in [0.29, 0.717) is 6.54 Å². The third kappa shape index (κ3) is 4.72. The number of imidazole rings is 1. The molecule has 0 radical (unpaired) electrons. The van der Waals surface area contributed by atoms with Gasteiger partial charge in [0, 0.05) is 26.2 Å². The third-order valence-electron chi connectivity index (χ3n) is 4.61. The van der Waals surface area contributed by atoms with Crippen LogP contribution >= 0.6 is 0 Å². The second kappa shape index (κ2) is 8.34. The summed E-state index contributed by atoms with van der Waals surface area (Å²) in [6.45, 7) is 8.46. The van der Waals surface area contributed by atoms with Gasteiger partial charge >= 0.3 is 0 Å². The van der Waals surface area contributed by atoms with E-state index in [0.717, 1.165) is 57.0 Å². The highest BCUT2D eigenvalue weighted by Crippen LogP contribution is 2.24. The van der Waals surface area contributed by atoms with Crippen LogP contribution in [-0.2, 0) is 11.3 Å². The van der Waals surface area contributed by atoms with Crippen LogP contribution in [0.3, 0.4) is 0 Å². The van der Waals surface area contributed by atoms with E-state index in [2.05, 4.69) is 46.2 Å². The first-order valence-electron chi connectivity index (χ1n) is 9.26. The van der Waals surface area contributed by atoms with E-state index in [1.165, 1.54) is 5.52 Å². The molecule has 1 saturated heterocycles. The first-order valence-corrected chi connectivity index (χ1v) is 9.26. The Morgan fingerprint density at radius 2 is 2.24 bits per heavy atom. The van der Waals surface area contributed by atoms with Crippen molar-refractivity contribution in [3.05, 3.63) is 30.6 Å². The number of nitrogens with zero attached hydrogens (tertiary/aromatic N) is 3. The molecule has 0 spiro atoms. The molecule has 1 aliphatic rings. The van der Waals surface area contributed by atoms with E-state index in [1.54, 1.807) is 0 Å². The molecule has 3 rings (SSSR count). The van der Waals surface area contributed by atoms with Crippen molar-refractivity contribution < 1.29 is 4.74 Å². The average molecular weight is 343 g/mol. The highest BCUT2D eigenvalue weighted by atomic mass is 16.5. The maximum Gasteiger partial charge on any atom is 0.191 e. The van der Waals surface area contributed by atoms with Crippen LogP contribution in [0.25, 0.3) is 11.0 Å². The molecule has 25 heavy (non-hydrogen) atoms. The predicted octanol–water partition coefficient (Wildman–Crippen LogP) is 2.55. The lowest BCUT2D eigenvalue weighted by atomic mass is 10.0. The van der Waals surface area contributed by atoms with Crippen LogP contribution in [0.15, 0.2) is 35.6 Å². The fourth-order valence-electron chi connectivity index (χ4n) is 3.19. The quantitative estimate of drug-likeness (QED) is 0.461. The van der Waals surface area contributed by atoms with Gasteiger partial charge in [0.15, 0.2) is 5.96 Å². The molecule has 1 aliphatic heterocycles. The molecule has 136 valence electrons. The van der Waals surface area contributed by atoms with Crippen molar-refractivity contribution in [1.82, 2.24) is 20.2 Å². The van der Waals surface area contributed by atoms with Gasteiger partial charge in [-0.2, -0.15) is 0 Å². The first-order chi connectivity index (χ1) is 12.2. The molecular formula is C19H29N5O. The zero-order valence-corrected chi connectivity index (χ0v) is 15.3. The second-order valence-electron chi connectivity index (χ2n) is 6.80. The number of hydrogen-bond acceptors (Lipinski definition) is 3. The predicted molar refractivity (Wildman–Crippen MR) is 102 cm³/mol. The number of guanidine groups is 1. The number of benzene rings is 1. The topological polar surface area (TPSA) is 63.5 Å². The zero-order chi connectivity index (χ0) is 17.5. The number of aliphatic imine (C=N–C) groups is 1. The van der Waals surface area contributed by atoms with Gasteiger partial charge in [0.05, 0.1) is 29.5 Å². The molecule has 2 heterocycles. The number of ether oxygens (including phenoxy) is 1. The summed E-state index contributed by atoms with van der Waals surface area (Å²) in [4.78, 5) is 9.14. The Morgan fingerprint density at radius 1 is 1.36 bits per heavy atom. The van der Waals surface area contributed by atoms with Crippen LogP contribution in [0.4, 0.5) is 0 Å². The van der Waals surface area contributed by atoms with E-state index in [1.807, 2.05) is 18.5 Å². The maximum atomic E-state index is 5.81. The van der Waals surface area contributed by atoms with Crippen LogP contribution in [0.2, 0.25) is 0 Å². The van der Waals surface area contributed by atoms with Crippen molar-refractivity contribution in [2.75, 3.05) is 26.2 Å². The standard InChI is InChI=1S/C19H29N5O/c1-3-20-18(22-14-19(2)10-6-13-25-19)21-11-7-12-24-15-23-16-8-4-5-9-17(16)24/h4-5,8-9,15H,3,6-7,10-14H2,1-2H3,(H2,20,21,22). The molecule has 0 amide bonds. The highest BCUT2D eigenvalue weighted by molar-refractivity contribution is 5.79. The van der Waals surface area contributed by atoms with Crippen molar-refractivity contribution in [3.63, 3.8) is 0 Å².